The number of carboxylic acid groups (broad SMARTS) is 1. The Morgan fingerprint density at radius 3 is 1.90 bits per heavy atom. The van der Waals surface area contributed by atoms with Gasteiger partial charge < -0.3 is 47.2 Å². The summed E-state index contributed by atoms with van der Waals surface area (Å²) in [5.41, 5.74) is 5.94. The highest BCUT2D eigenvalue weighted by Crippen LogP contribution is 2.21. The lowest BCUT2D eigenvalue weighted by Crippen LogP contribution is -2.59. The van der Waals surface area contributed by atoms with E-state index in [-0.39, 0.29) is 18.4 Å². The van der Waals surface area contributed by atoms with Gasteiger partial charge in [-0.3, -0.25) is 24.0 Å². The number of carboxylic acids is 1. The van der Waals surface area contributed by atoms with Gasteiger partial charge in [-0.2, -0.15) is 0 Å². The van der Waals surface area contributed by atoms with Crippen molar-refractivity contribution >= 4 is 35.5 Å². The van der Waals surface area contributed by atoms with Gasteiger partial charge in [-0.05, 0) is 38.0 Å². The molecule has 0 bridgehead atoms. The Morgan fingerprint density at radius 1 is 0.825 bits per heavy atom. The van der Waals surface area contributed by atoms with Gasteiger partial charge >= 0.3 is 5.97 Å². The molecule has 0 spiro atoms. The quantitative estimate of drug-likeness (QED) is 0.0991. The summed E-state index contributed by atoms with van der Waals surface area (Å²) in [6.07, 6.45) is 1.11. The molecule has 0 aromatic carbocycles. The van der Waals surface area contributed by atoms with Crippen LogP contribution in [0.1, 0.15) is 53.9 Å². The maximum absolute atomic E-state index is 13.5. The van der Waals surface area contributed by atoms with Crippen LogP contribution < -0.4 is 27.0 Å². The first-order chi connectivity index (χ1) is 18.6. The predicted octanol–water partition coefficient (Wildman–Crippen LogP) is -2.96. The second kappa shape index (κ2) is 16.1. The molecule has 0 saturated carbocycles. The lowest BCUT2D eigenvalue weighted by molar-refractivity contribution is -0.143. The molecule has 1 aliphatic rings. The van der Waals surface area contributed by atoms with Crippen LogP contribution in [0.15, 0.2) is 0 Å². The normalized spacial score (nSPS) is 18.9. The van der Waals surface area contributed by atoms with Crippen LogP contribution in [0, 0.1) is 11.8 Å². The monoisotopic (exact) mass is 572 g/mol. The molecule has 1 heterocycles. The summed E-state index contributed by atoms with van der Waals surface area (Å²) in [4.78, 5) is 76.3. The van der Waals surface area contributed by atoms with Crippen molar-refractivity contribution in [3.63, 3.8) is 0 Å². The first-order valence-electron chi connectivity index (χ1n) is 13.4. The average molecular weight is 573 g/mol. The minimum Gasteiger partial charge on any atom is -0.480 e. The number of hydrogen-bond donors (Lipinski definition) is 8. The third-order valence-corrected chi connectivity index (χ3v) is 6.55. The van der Waals surface area contributed by atoms with E-state index in [1.165, 1.54) is 11.8 Å². The van der Waals surface area contributed by atoms with Gasteiger partial charge in [0.15, 0.2) is 0 Å². The highest BCUT2D eigenvalue weighted by molar-refractivity contribution is 5.96. The number of amides is 5. The number of aliphatic carboxylic acids is 1. The lowest BCUT2D eigenvalue weighted by atomic mass is 10.00. The molecule has 1 fully saturated rings. The Kier molecular flexibility index (Phi) is 14.0. The average Bonchev–Trinajstić information content (AvgIpc) is 3.38. The molecule has 15 heteroatoms. The van der Waals surface area contributed by atoms with Crippen LogP contribution in [0.5, 0.6) is 0 Å². The standard InChI is InChI=1S/C25H44N6O9/c1-12(2)9-15(28-23(37)19(26)13(3)4)24(38)31-8-6-7-18(31)22(36)29-16(10-32)21(35)27-14(5)20(34)30-17(11-33)25(39)40/h12-19,32-33H,6-11,26H2,1-5H3,(H,27,35)(H,28,37)(H,29,36)(H,30,34)(H,39,40)/t14-,15-,16-,17-,18-,19-/m0/s1. The maximum Gasteiger partial charge on any atom is 0.328 e. The van der Waals surface area contributed by atoms with Crippen molar-refractivity contribution in [2.75, 3.05) is 19.8 Å². The molecule has 0 radical (unpaired) electrons. The van der Waals surface area contributed by atoms with Crippen LogP contribution in [0.25, 0.3) is 0 Å². The van der Waals surface area contributed by atoms with Crippen molar-refractivity contribution in [3.05, 3.63) is 0 Å². The third-order valence-electron chi connectivity index (χ3n) is 6.55. The summed E-state index contributed by atoms with van der Waals surface area (Å²) >= 11 is 0. The summed E-state index contributed by atoms with van der Waals surface area (Å²) < 4.78 is 0. The molecular weight excluding hydrogens is 528 g/mol. The van der Waals surface area contributed by atoms with E-state index in [0.717, 1.165) is 0 Å². The highest BCUT2D eigenvalue weighted by atomic mass is 16.4. The summed E-state index contributed by atoms with van der Waals surface area (Å²) in [5.74, 6) is -5.02. The number of nitrogens with two attached hydrogens (primary N) is 1. The van der Waals surface area contributed by atoms with Crippen LogP contribution in [0.3, 0.4) is 0 Å². The fraction of sp³-hybridized carbons (Fsp3) is 0.760. The maximum atomic E-state index is 13.5. The van der Waals surface area contributed by atoms with E-state index < -0.39 is 85.0 Å². The fourth-order valence-electron chi connectivity index (χ4n) is 4.09. The molecule has 9 N–H and O–H groups in total. The van der Waals surface area contributed by atoms with Gasteiger partial charge in [0.1, 0.15) is 30.2 Å². The number of likely N-dealkylation sites (tertiary alicyclic amines) is 1. The fourth-order valence-corrected chi connectivity index (χ4v) is 4.09. The summed E-state index contributed by atoms with van der Waals surface area (Å²) in [5, 5.41) is 37.1. The van der Waals surface area contributed by atoms with E-state index in [1.54, 1.807) is 13.8 Å². The second-order valence-electron chi connectivity index (χ2n) is 10.7. The van der Waals surface area contributed by atoms with Crippen molar-refractivity contribution in [3.8, 4) is 0 Å². The third kappa shape index (κ3) is 10.0. The zero-order chi connectivity index (χ0) is 30.7. The SMILES string of the molecule is CC(C)C[C@H](NC(=O)[C@@H](N)C(C)C)C(=O)N1CCC[C@H]1C(=O)N[C@@H](CO)C(=O)N[C@@H](C)C(=O)N[C@@H](CO)C(=O)O. The second-order valence-corrected chi connectivity index (χ2v) is 10.7. The smallest absolute Gasteiger partial charge is 0.328 e. The van der Waals surface area contributed by atoms with Crippen molar-refractivity contribution in [1.29, 1.82) is 0 Å². The van der Waals surface area contributed by atoms with Gasteiger partial charge in [0.05, 0.1) is 19.3 Å². The number of aliphatic hydroxyl groups is 2. The van der Waals surface area contributed by atoms with Crippen molar-refractivity contribution < 1.29 is 44.1 Å². The summed E-state index contributed by atoms with van der Waals surface area (Å²) in [6.45, 7) is 7.17. The molecule has 0 unspecified atom stereocenters. The highest BCUT2D eigenvalue weighted by Gasteiger charge is 2.39. The van der Waals surface area contributed by atoms with Crippen molar-refractivity contribution in [2.45, 2.75) is 90.1 Å². The van der Waals surface area contributed by atoms with E-state index in [1.807, 2.05) is 19.2 Å². The Morgan fingerprint density at radius 2 is 1.40 bits per heavy atom. The topological polar surface area (TPSA) is 240 Å². The molecular formula is C25H44N6O9. The summed E-state index contributed by atoms with van der Waals surface area (Å²) in [7, 11) is 0. The molecule has 0 aromatic rings. The zero-order valence-corrected chi connectivity index (χ0v) is 23.7. The molecule has 1 aliphatic heterocycles. The Bertz CT molecular complexity index is 928. The van der Waals surface area contributed by atoms with Crippen LogP contribution in [-0.2, 0) is 28.8 Å². The van der Waals surface area contributed by atoms with Gasteiger partial charge in [0, 0.05) is 6.54 Å². The number of nitrogens with one attached hydrogen (secondary N) is 4. The molecule has 6 atom stereocenters. The Balaban J connectivity index is 2.91. The van der Waals surface area contributed by atoms with Crippen molar-refractivity contribution in [1.82, 2.24) is 26.2 Å². The van der Waals surface area contributed by atoms with Gasteiger partial charge in [0.25, 0.3) is 0 Å². The van der Waals surface area contributed by atoms with Gasteiger partial charge in [-0.15, -0.1) is 0 Å². The molecule has 0 aliphatic carbocycles. The first kappa shape index (κ1) is 34.7. The van der Waals surface area contributed by atoms with E-state index >= 15 is 0 Å². The van der Waals surface area contributed by atoms with Gasteiger partial charge in [-0.25, -0.2) is 4.79 Å². The first-order valence-corrected chi connectivity index (χ1v) is 13.4. The van der Waals surface area contributed by atoms with E-state index in [4.69, 9.17) is 15.9 Å². The molecule has 228 valence electrons. The molecule has 15 nitrogen and oxygen atoms in total. The molecule has 40 heavy (non-hydrogen) atoms. The van der Waals surface area contributed by atoms with E-state index in [0.29, 0.717) is 19.3 Å². The Labute approximate surface area is 233 Å². The van der Waals surface area contributed by atoms with E-state index in [2.05, 4.69) is 16.0 Å². The number of carbonyl (C=O) groups is 6. The largest absolute Gasteiger partial charge is 0.480 e. The van der Waals surface area contributed by atoms with Crippen molar-refractivity contribution in [2.24, 2.45) is 17.6 Å². The zero-order valence-electron chi connectivity index (χ0n) is 23.7. The minimum atomic E-state index is -1.57. The molecule has 0 aromatic heterocycles. The summed E-state index contributed by atoms with van der Waals surface area (Å²) in [6, 6.07) is -6.97. The van der Waals surface area contributed by atoms with Crippen LogP contribution >= 0.6 is 0 Å². The molecule has 5 amide bonds. The lowest BCUT2D eigenvalue weighted by Gasteiger charge is -2.31. The molecule has 1 rings (SSSR count). The predicted molar refractivity (Wildman–Crippen MR) is 142 cm³/mol. The number of carbonyl (C=O) groups excluding carboxylic acids is 5. The van der Waals surface area contributed by atoms with Gasteiger partial charge in [0.2, 0.25) is 29.5 Å². The molecule has 1 saturated heterocycles. The number of aliphatic hydroxyl groups excluding tert-OH is 2. The number of nitrogens with zero attached hydrogens (tertiary/aromatic N) is 1. The van der Waals surface area contributed by atoms with Crippen LogP contribution in [0.2, 0.25) is 0 Å². The Hall–Kier alpha value is -3.30. The van der Waals surface area contributed by atoms with Crippen LogP contribution in [-0.4, -0.2) is 112 Å². The van der Waals surface area contributed by atoms with Gasteiger partial charge in [-0.1, -0.05) is 27.7 Å². The van der Waals surface area contributed by atoms with E-state index in [9.17, 15) is 33.9 Å². The minimum absolute atomic E-state index is 0.0456. The number of hydrogen-bond acceptors (Lipinski definition) is 9. The number of rotatable bonds is 15. The van der Waals surface area contributed by atoms with Crippen LogP contribution in [0.4, 0.5) is 0 Å².